The molecule has 2 saturated heterocycles. The molecule has 3 fully saturated rings. The number of nitrogens with one attached hydrogen (secondary N) is 2. The molecule has 2 aliphatic heterocycles. The highest BCUT2D eigenvalue weighted by molar-refractivity contribution is 7.92. The number of sulfonamides is 1. The van der Waals surface area contributed by atoms with Gasteiger partial charge in [0.15, 0.2) is 5.78 Å². The number of carbonyl (C=O) groups excluding carboxylic acids is 3. The average molecular weight is 478 g/mol. The molecule has 3 aliphatic rings. The van der Waals surface area contributed by atoms with E-state index in [9.17, 15) is 22.8 Å². The summed E-state index contributed by atoms with van der Waals surface area (Å²) in [6.45, 7) is 4.44. The van der Waals surface area contributed by atoms with E-state index < -0.39 is 33.4 Å². The Morgan fingerprint density at radius 2 is 1.82 bits per heavy atom. The first-order chi connectivity index (χ1) is 15.5. The van der Waals surface area contributed by atoms with Crippen molar-refractivity contribution in [1.29, 1.82) is 0 Å². The molecule has 9 nitrogen and oxygen atoms in total. The summed E-state index contributed by atoms with van der Waals surface area (Å²) >= 11 is 0. The van der Waals surface area contributed by atoms with Crippen LogP contribution >= 0.6 is 0 Å². The average Bonchev–Trinajstić information content (AvgIpc) is 3.43. The van der Waals surface area contributed by atoms with E-state index in [1.54, 1.807) is 4.90 Å². The number of benzene rings is 1. The number of fused-ring (bicyclic) bond motifs is 1. The lowest BCUT2D eigenvalue weighted by atomic mass is 9.79. The summed E-state index contributed by atoms with van der Waals surface area (Å²) in [6.07, 6.45) is 4.34. The number of ketones is 1. The van der Waals surface area contributed by atoms with Crippen molar-refractivity contribution in [3.05, 3.63) is 29.8 Å². The van der Waals surface area contributed by atoms with Crippen molar-refractivity contribution < 1.29 is 27.5 Å². The maximum Gasteiger partial charge on any atom is 0.251 e. The van der Waals surface area contributed by atoms with E-state index in [2.05, 4.69) is 10.0 Å². The van der Waals surface area contributed by atoms with Crippen LogP contribution in [0.2, 0.25) is 0 Å². The Labute approximate surface area is 194 Å². The van der Waals surface area contributed by atoms with Gasteiger partial charge in [0.1, 0.15) is 18.7 Å². The molecule has 0 bridgehead atoms. The van der Waals surface area contributed by atoms with Crippen molar-refractivity contribution in [2.45, 2.75) is 57.7 Å². The number of anilines is 1. The molecule has 10 heteroatoms. The lowest BCUT2D eigenvalue weighted by molar-refractivity contribution is -0.140. The van der Waals surface area contributed by atoms with Gasteiger partial charge < -0.3 is 15.0 Å². The summed E-state index contributed by atoms with van der Waals surface area (Å²) in [6, 6.07) is 4.70. The normalized spacial score (nSPS) is 27.3. The van der Waals surface area contributed by atoms with Crippen LogP contribution in [-0.2, 0) is 24.3 Å². The molecule has 33 heavy (non-hydrogen) atoms. The highest BCUT2D eigenvalue weighted by Gasteiger charge is 2.54. The molecule has 4 atom stereocenters. The van der Waals surface area contributed by atoms with Crippen molar-refractivity contribution in [1.82, 2.24) is 10.2 Å². The van der Waals surface area contributed by atoms with Crippen LogP contribution in [0.1, 0.15) is 49.9 Å². The van der Waals surface area contributed by atoms with Crippen molar-refractivity contribution in [2.75, 3.05) is 24.1 Å². The first kappa shape index (κ1) is 23.7. The van der Waals surface area contributed by atoms with Gasteiger partial charge in [-0.15, -0.1) is 0 Å². The number of rotatable bonds is 6. The Morgan fingerprint density at radius 3 is 2.42 bits per heavy atom. The van der Waals surface area contributed by atoms with Crippen molar-refractivity contribution in [2.24, 2.45) is 11.3 Å². The van der Waals surface area contributed by atoms with E-state index in [1.165, 1.54) is 24.3 Å². The van der Waals surface area contributed by atoms with Crippen LogP contribution in [0.3, 0.4) is 0 Å². The number of nitrogens with zero attached hydrogens (tertiary/aromatic N) is 1. The molecule has 0 spiro atoms. The summed E-state index contributed by atoms with van der Waals surface area (Å²) in [5, 5.41) is 2.95. The third kappa shape index (κ3) is 4.77. The number of hydrogen-bond donors (Lipinski definition) is 2. The second-order valence-electron chi connectivity index (χ2n) is 9.87. The Bertz CT molecular complexity index is 1050. The van der Waals surface area contributed by atoms with Gasteiger partial charge in [0, 0.05) is 23.7 Å². The van der Waals surface area contributed by atoms with Gasteiger partial charge in [-0.1, -0.05) is 26.7 Å². The first-order valence-electron chi connectivity index (χ1n) is 11.3. The summed E-state index contributed by atoms with van der Waals surface area (Å²) < 4.78 is 30.8. The molecule has 1 aromatic carbocycles. The van der Waals surface area contributed by atoms with Crippen molar-refractivity contribution in [3.63, 3.8) is 0 Å². The number of hydrogen-bond acceptors (Lipinski definition) is 6. The predicted octanol–water partition coefficient (Wildman–Crippen LogP) is 1.55. The molecule has 0 radical (unpaired) electrons. The molecular weight excluding hydrogens is 446 g/mol. The minimum Gasteiger partial charge on any atom is -0.367 e. The Hall–Kier alpha value is -2.46. The van der Waals surface area contributed by atoms with Crippen LogP contribution in [0, 0.1) is 11.3 Å². The Balaban J connectivity index is 1.56. The topological polar surface area (TPSA) is 122 Å². The summed E-state index contributed by atoms with van der Waals surface area (Å²) in [5.41, 5.74) is 0.261. The van der Waals surface area contributed by atoms with E-state index in [4.69, 9.17) is 4.74 Å². The minimum absolute atomic E-state index is 0.0195. The molecule has 2 heterocycles. The van der Waals surface area contributed by atoms with Crippen LogP contribution in [-0.4, -0.2) is 68.5 Å². The van der Waals surface area contributed by atoms with Crippen molar-refractivity contribution in [3.8, 4) is 0 Å². The third-order valence-corrected chi connectivity index (χ3v) is 7.75. The molecule has 180 valence electrons. The summed E-state index contributed by atoms with van der Waals surface area (Å²) in [4.78, 5) is 41.0. The molecule has 0 aromatic heterocycles. The number of amides is 2. The summed E-state index contributed by atoms with van der Waals surface area (Å²) in [7, 11) is -3.42. The second-order valence-corrected chi connectivity index (χ2v) is 11.6. The quantitative estimate of drug-likeness (QED) is 0.641. The zero-order chi connectivity index (χ0) is 24.0. The summed E-state index contributed by atoms with van der Waals surface area (Å²) in [5.74, 6) is -0.687. The maximum atomic E-state index is 13.8. The standard InChI is InChI=1S/C23H31N3O6S/c1-14-12-26(18-17(27)13-32-19(14)18)22(29)20(23(2)10-4-5-11-23)24-21(28)15-6-8-16(9-7-15)25-33(3,30)31/h6-9,14,18-20,25H,4-5,10-13H2,1-3H3,(H,24,28)/t14-,18-,19-,20-/m1/s1. The molecule has 2 amide bonds. The largest absolute Gasteiger partial charge is 0.367 e. The van der Waals surface area contributed by atoms with Gasteiger partial charge in [0.2, 0.25) is 15.9 Å². The monoisotopic (exact) mass is 477 g/mol. The van der Waals surface area contributed by atoms with Crippen molar-refractivity contribution >= 4 is 33.3 Å². The lowest BCUT2D eigenvalue weighted by Crippen LogP contribution is -2.57. The van der Waals surface area contributed by atoms with Gasteiger partial charge in [-0.25, -0.2) is 8.42 Å². The van der Waals surface area contributed by atoms with Crippen LogP contribution in [0.4, 0.5) is 5.69 Å². The zero-order valence-electron chi connectivity index (χ0n) is 19.2. The van der Waals surface area contributed by atoms with E-state index in [0.717, 1.165) is 31.9 Å². The van der Waals surface area contributed by atoms with Crippen LogP contribution < -0.4 is 10.0 Å². The third-order valence-electron chi connectivity index (χ3n) is 7.14. The van der Waals surface area contributed by atoms with Gasteiger partial charge in [-0.3, -0.25) is 19.1 Å². The zero-order valence-corrected chi connectivity index (χ0v) is 20.0. The van der Waals surface area contributed by atoms with Crippen LogP contribution in [0.25, 0.3) is 0 Å². The maximum absolute atomic E-state index is 13.8. The fourth-order valence-electron chi connectivity index (χ4n) is 5.41. The van der Waals surface area contributed by atoms with Gasteiger partial charge in [0.25, 0.3) is 5.91 Å². The second kappa shape index (κ2) is 8.72. The van der Waals surface area contributed by atoms with E-state index in [1.807, 2.05) is 13.8 Å². The Morgan fingerprint density at radius 1 is 1.18 bits per heavy atom. The molecule has 4 rings (SSSR count). The van der Waals surface area contributed by atoms with Gasteiger partial charge in [0.05, 0.1) is 12.4 Å². The van der Waals surface area contributed by atoms with E-state index in [0.29, 0.717) is 17.8 Å². The molecule has 1 aliphatic carbocycles. The number of Topliss-reactive ketones (excluding diaryl/α,β-unsaturated/α-hetero) is 1. The highest BCUT2D eigenvalue weighted by Crippen LogP contribution is 2.42. The highest BCUT2D eigenvalue weighted by atomic mass is 32.2. The fourth-order valence-corrected chi connectivity index (χ4v) is 5.97. The molecular formula is C23H31N3O6S. The van der Waals surface area contributed by atoms with E-state index in [-0.39, 0.29) is 30.3 Å². The smallest absolute Gasteiger partial charge is 0.251 e. The molecule has 0 unspecified atom stereocenters. The number of likely N-dealkylation sites (tertiary alicyclic amines) is 1. The predicted molar refractivity (Wildman–Crippen MR) is 122 cm³/mol. The fraction of sp³-hybridized carbons (Fsp3) is 0.609. The van der Waals surface area contributed by atoms with Crippen LogP contribution in [0.5, 0.6) is 0 Å². The Kier molecular flexibility index (Phi) is 6.26. The number of ether oxygens (including phenoxy) is 1. The minimum atomic E-state index is -3.42. The molecule has 1 aromatic rings. The van der Waals surface area contributed by atoms with E-state index >= 15 is 0 Å². The number of carbonyl (C=O) groups is 3. The lowest BCUT2D eigenvalue weighted by Gasteiger charge is -2.37. The van der Waals surface area contributed by atoms with Gasteiger partial charge in [-0.2, -0.15) is 0 Å². The SMILES string of the molecule is C[C@@H]1CN(C(=O)[C@@H](NC(=O)c2ccc(NS(C)(=O)=O)cc2)C2(C)CCCC2)[C@@H]2C(=O)CO[C@H]12. The van der Waals surface area contributed by atoms with Gasteiger partial charge >= 0.3 is 0 Å². The first-order valence-corrected chi connectivity index (χ1v) is 13.2. The van der Waals surface area contributed by atoms with Crippen LogP contribution in [0.15, 0.2) is 24.3 Å². The molecule has 2 N–H and O–H groups in total. The molecule has 1 saturated carbocycles. The van der Waals surface area contributed by atoms with Gasteiger partial charge in [-0.05, 0) is 42.5 Å².